The lowest BCUT2D eigenvalue weighted by molar-refractivity contribution is 0.0713. The number of ketones is 1. The zero-order valence-electron chi connectivity index (χ0n) is 14.9. The van der Waals surface area contributed by atoms with Gasteiger partial charge in [0.05, 0.1) is 5.56 Å². The largest absolute Gasteiger partial charge is 0.507 e. The van der Waals surface area contributed by atoms with Crippen molar-refractivity contribution in [3.05, 3.63) is 64.7 Å². The number of carbonyl (C=O) groups is 2. The second-order valence-electron chi connectivity index (χ2n) is 6.80. The smallest absolute Gasteiger partial charge is 0.253 e. The number of Topliss-reactive ketones (excluding diaryl/α,β-unsaturated/α-hetero) is 1. The number of aromatic hydroxyl groups is 1. The third-order valence-electron chi connectivity index (χ3n) is 5.06. The van der Waals surface area contributed by atoms with Gasteiger partial charge in [-0.2, -0.15) is 0 Å². The predicted molar refractivity (Wildman–Crippen MR) is 100 cm³/mol. The fourth-order valence-corrected chi connectivity index (χ4v) is 3.52. The highest BCUT2D eigenvalue weighted by Gasteiger charge is 2.25. The summed E-state index contributed by atoms with van der Waals surface area (Å²) in [7, 11) is 0. The van der Waals surface area contributed by atoms with Crippen molar-refractivity contribution in [2.75, 3.05) is 13.1 Å². The molecule has 1 saturated heterocycles. The molecule has 5 heteroatoms. The molecule has 2 aromatic carbocycles. The van der Waals surface area contributed by atoms with Gasteiger partial charge < -0.3 is 15.7 Å². The van der Waals surface area contributed by atoms with Crippen LogP contribution in [-0.4, -0.2) is 34.8 Å². The summed E-state index contributed by atoms with van der Waals surface area (Å²) in [6.45, 7) is 3.26. The summed E-state index contributed by atoms with van der Waals surface area (Å²) in [5.41, 5.74) is 8.76. The lowest BCUT2D eigenvalue weighted by Gasteiger charge is -2.32. The molecule has 0 aromatic heterocycles. The van der Waals surface area contributed by atoms with Gasteiger partial charge in [0, 0.05) is 25.2 Å². The van der Waals surface area contributed by atoms with Crippen molar-refractivity contribution in [1.82, 2.24) is 4.90 Å². The van der Waals surface area contributed by atoms with E-state index in [0.717, 1.165) is 18.4 Å². The molecule has 0 unspecified atom stereocenters. The van der Waals surface area contributed by atoms with Crippen LogP contribution in [0.25, 0.3) is 0 Å². The Bertz CT molecular complexity index is 824. The van der Waals surface area contributed by atoms with Gasteiger partial charge in [-0.3, -0.25) is 9.59 Å². The number of hydrogen-bond donors (Lipinski definition) is 2. The summed E-state index contributed by atoms with van der Waals surface area (Å²) in [4.78, 5) is 26.1. The van der Waals surface area contributed by atoms with E-state index in [1.165, 1.54) is 24.6 Å². The Hall–Kier alpha value is -2.66. The average Bonchev–Trinajstić information content (AvgIpc) is 2.67. The number of piperidine rings is 1. The Labute approximate surface area is 153 Å². The first-order valence-electron chi connectivity index (χ1n) is 8.91. The highest BCUT2D eigenvalue weighted by molar-refractivity contribution is 6.01. The maximum absolute atomic E-state index is 12.7. The Balaban J connectivity index is 1.69. The SMILES string of the molecule is CC(=O)c1cc(C(=O)N2CCC(c3cccc(CN)c3)CC2)ccc1O. The van der Waals surface area contributed by atoms with Crippen LogP contribution in [0.5, 0.6) is 5.75 Å². The van der Waals surface area contributed by atoms with Gasteiger partial charge in [0.2, 0.25) is 0 Å². The highest BCUT2D eigenvalue weighted by Crippen LogP contribution is 2.29. The summed E-state index contributed by atoms with van der Waals surface area (Å²) in [6.07, 6.45) is 1.80. The zero-order valence-corrected chi connectivity index (χ0v) is 14.9. The van der Waals surface area contributed by atoms with Crippen LogP contribution >= 0.6 is 0 Å². The molecular weight excluding hydrogens is 328 g/mol. The number of hydrogen-bond acceptors (Lipinski definition) is 4. The number of benzene rings is 2. The van der Waals surface area contributed by atoms with Gasteiger partial charge in [-0.15, -0.1) is 0 Å². The van der Waals surface area contributed by atoms with Crippen LogP contribution in [0.4, 0.5) is 0 Å². The molecule has 0 spiro atoms. The number of nitrogens with two attached hydrogens (primary N) is 1. The number of phenols is 1. The number of rotatable bonds is 4. The first-order chi connectivity index (χ1) is 12.5. The van der Waals surface area contributed by atoms with Gasteiger partial charge >= 0.3 is 0 Å². The number of amides is 1. The van der Waals surface area contributed by atoms with Crippen LogP contribution in [0.2, 0.25) is 0 Å². The fourth-order valence-electron chi connectivity index (χ4n) is 3.52. The molecule has 0 bridgehead atoms. The maximum Gasteiger partial charge on any atom is 0.253 e. The molecule has 1 fully saturated rings. The molecule has 136 valence electrons. The van der Waals surface area contributed by atoms with Crippen molar-refractivity contribution in [3.8, 4) is 5.75 Å². The third-order valence-corrected chi connectivity index (χ3v) is 5.06. The molecule has 0 saturated carbocycles. The van der Waals surface area contributed by atoms with Crippen LogP contribution in [0.1, 0.15) is 57.5 Å². The Kier molecular flexibility index (Phi) is 5.38. The molecule has 1 aliphatic heterocycles. The molecule has 1 aliphatic rings. The van der Waals surface area contributed by atoms with Gasteiger partial charge in [0.15, 0.2) is 5.78 Å². The van der Waals surface area contributed by atoms with E-state index in [1.807, 2.05) is 17.0 Å². The van der Waals surface area contributed by atoms with Crippen LogP contribution in [-0.2, 0) is 6.54 Å². The minimum Gasteiger partial charge on any atom is -0.507 e. The minimum absolute atomic E-state index is 0.0902. The quantitative estimate of drug-likeness (QED) is 0.828. The number of carbonyl (C=O) groups excluding carboxylic acids is 2. The number of likely N-dealkylation sites (tertiary alicyclic amines) is 1. The van der Waals surface area contributed by atoms with Crippen LogP contribution in [0, 0.1) is 0 Å². The lowest BCUT2D eigenvalue weighted by Crippen LogP contribution is -2.38. The second-order valence-corrected chi connectivity index (χ2v) is 6.80. The van der Waals surface area contributed by atoms with Gasteiger partial charge in [0.1, 0.15) is 5.75 Å². The highest BCUT2D eigenvalue weighted by atomic mass is 16.3. The molecule has 3 N–H and O–H groups in total. The van der Waals surface area contributed by atoms with Crippen LogP contribution in [0.15, 0.2) is 42.5 Å². The number of nitrogens with zero attached hydrogens (tertiary/aromatic N) is 1. The lowest BCUT2D eigenvalue weighted by atomic mass is 9.88. The van der Waals surface area contributed by atoms with Crippen molar-refractivity contribution in [2.45, 2.75) is 32.2 Å². The van der Waals surface area contributed by atoms with Crippen molar-refractivity contribution in [3.63, 3.8) is 0 Å². The molecule has 26 heavy (non-hydrogen) atoms. The first-order valence-corrected chi connectivity index (χ1v) is 8.91. The average molecular weight is 352 g/mol. The monoisotopic (exact) mass is 352 g/mol. The number of phenolic OH excluding ortho intramolecular Hbond substituents is 1. The van der Waals surface area contributed by atoms with Gasteiger partial charge in [-0.1, -0.05) is 24.3 Å². The molecule has 2 aromatic rings. The van der Waals surface area contributed by atoms with E-state index < -0.39 is 0 Å². The maximum atomic E-state index is 12.7. The molecule has 1 amide bonds. The summed E-state index contributed by atoms with van der Waals surface area (Å²) in [6, 6.07) is 12.8. The van der Waals surface area contributed by atoms with E-state index in [1.54, 1.807) is 6.07 Å². The Morgan fingerprint density at radius 2 is 1.88 bits per heavy atom. The van der Waals surface area contributed by atoms with E-state index >= 15 is 0 Å². The molecular formula is C21H24N2O3. The molecule has 0 atom stereocenters. The van der Waals surface area contributed by atoms with Gasteiger partial charge in [-0.25, -0.2) is 0 Å². The summed E-state index contributed by atoms with van der Waals surface area (Å²) < 4.78 is 0. The van der Waals surface area contributed by atoms with E-state index in [0.29, 0.717) is 31.1 Å². The van der Waals surface area contributed by atoms with Crippen molar-refractivity contribution in [1.29, 1.82) is 0 Å². The normalized spacial score (nSPS) is 15.1. The molecule has 5 nitrogen and oxygen atoms in total. The van der Waals surface area contributed by atoms with E-state index in [2.05, 4.69) is 12.1 Å². The standard InChI is InChI=1S/C21H24N2O3/c1-14(24)19-12-18(5-6-20(19)25)21(26)23-9-7-16(8-10-23)17-4-2-3-15(11-17)13-22/h2-6,11-12,16,25H,7-10,13,22H2,1H3. The van der Waals surface area contributed by atoms with Crippen molar-refractivity contribution < 1.29 is 14.7 Å². The summed E-state index contributed by atoms with van der Waals surface area (Å²) >= 11 is 0. The predicted octanol–water partition coefficient (Wildman–Crippen LogP) is 3.07. The van der Waals surface area contributed by atoms with E-state index in [-0.39, 0.29) is 23.0 Å². The molecule has 1 heterocycles. The minimum atomic E-state index is -0.254. The van der Waals surface area contributed by atoms with Crippen LogP contribution < -0.4 is 5.73 Å². The second kappa shape index (κ2) is 7.70. The Morgan fingerprint density at radius 3 is 2.54 bits per heavy atom. The molecule has 0 radical (unpaired) electrons. The topological polar surface area (TPSA) is 83.6 Å². The van der Waals surface area contributed by atoms with E-state index in [4.69, 9.17) is 5.73 Å². The fraction of sp³-hybridized carbons (Fsp3) is 0.333. The zero-order chi connectivity index (χ0) is 18.7. The Morgan fingerprint density at radius 1 is 1.15 bits per heavy atom. The van der Waals surface area contributed by atoms with Gasteiger partial charge in [0.25, 0.3) is 5.91 Å². The summed E-state index contributed by atoms with van der Waals surface area (Å²) in [5.74, 6) is -0.0111. The van der Waals surface area contributed by atoms with Crippen molar-refractivity contribution >= 4 is 11.7 Å². The molecule has 0 aliphatic carbocycles. The third kappa shape index (κ3) is 3.78. The molecule has 3 rings (SSSR count). The van der Waals surface area contributed by atoms with Gasteiger partial charge in [-0.05, 0) is 55.0 Å². The van der Waals surface area contributed by atoms with Crippen LogP contribution in [0.3, 0.4) is 0 Å². The summed E-state index contributed by atoms with van der Waals surface area (Å²) in [5, 5.41) is 9.75. The van der Waals surface area contributed by atoms with Crippen molar-refractivity contribution in [2.24, 2.45) is 5.73 Å². The first kappa shape index (κ1) is 18.1. The van der Waals surface area contributed by atoms with E-state index in [9.17, 15) is 14.7 Å².